The normalized spacial score (nSPS) is 17.2. The van der Waals surface area contributed by atoms with Gasteiger partial charge in [0.2, 0.25) is 0 Å². The minimum absolute atomic E-state index is 0.972. The Hall–Kier alpha value is -1.63. The van der Waals surface area contributed by atoms with Gasteiger partial charge >= 0.3 is 0 Å². The number of rotatable bonds is 0. The van der Waals surface area contributed by atoms with Crippen molar-refractivity contribution in [2.45, 2.75) is 13.3 Å². The van der Waals surface area contributed by atoms with Crippen molar-refractivity contribution in [3.63, 3.8) is 0 Å². The molecule has 1 heterocycles. The Bertz CT molecular complexity index is 490. The van der Waals surface area contributed by atoms with Crippen LogP contribution >= 0.6 is 0 Å². The molecule has 0 unspecified atom stereocenters. The lowest BCUT2D eigenvalue weighted by atomic mass is 9.96. The first-order chi connectivity index (χ1) is 6.86. The van der Waals surface area contributed by atoms with Crippen molar-refractivity contribution in [3.05, 3.63) is 47.6 Å². The number of hydrogen-bond donors (Lipinski definition) is 0. The summed E-state index contributed by atoms with van der Waals surface area (Å²) in [7, 11) is 0. The van der Waals surface area contributed by atoms with Gasteiger partial charge in [-0.25, -0.2) is 0 Å². The highest BCUT2D eigenvalue weighted by atomic mass is 14.8. The molecule has 0 spiro atoms. The maximum absolute atomic E-state index is 4.67. The van der Waals surface area contributed by atoms with Gasteiger partial charge in [0.05, 0.1) is 11.4 Å². The molecule has 0 saturated heterocycles. The van der Waals surface area contributed by atoms with Gasteiger partial charge in [-0.05, 0) is 12.5 Å². The summed E-state index contributed by atoms with van der Waals surface area (Å²) < 4.78 is 0. The molecule has 0 aromatic heterocycles. The van der Waals surface area contributed by atoms with E-state index in [0.29, 0.717) is 0 Å². The topological polar surface area (TPSA) is 12.4 Å². The molecule has 3 rings (SSSR count). The molecule has 1 nitrogen and oxygen atoms in total. The second-order valence-corrected chi connectivity index (χ2v) is 3.74. The monoisotopic (exact) mass is 181 g/mol. The van der Waals surface area contributed by atoms with Crippen molar-refractivity contribution >= 4 is 17.0 Å². The molecular weight excluding hydrogens is 170 g/mol. The van der Waals surface area contributed by atoms with E-state index >= 15 is 0 Å². The van der Waals surface area contributed by atoms with Crippen molar-refractivity contribution in [2.75, 3.05) is 0 Å². The van der Waals surface area contributed by atoms with Crippen molar-refractivity contribution in [1.82, 2.24) is 0 Å². The quantitative estimate of drug-likeness (QED) is 0.581. The molecule has 14 heavy (non-hydrogen) atoms. The molecule has 0 saturated carbocycles. The number of nitrogens with zero attached hydrogens (tertiary/aromatic N) is 1. The van der Waals surface area contributed by atoms with E-state index in [0.717, 1.165) is 12.1 Å². The number of aryl methyl sites for hydroxylation is 1. The van der Waals surface area contributed by atoms with Crippen LogP contribution in [0.2, 0.25) is 0 Å². The van der Waals surface area contributed by atoms with Crippen molar-refractivity contribution in [2.24, 2.45) is 4.99 Å². The van der Waals surface area contributed by atoms with Crippen LogP contribution in [0.15, 0.2) is 41.4 Å². The Morgan fingerprint density at radius 1 is 1.29 bits per heavy atom. The van der Waals surface area contributed by atoms with Gasteiger partial charge in [-0.2, -0.15) is 0 Å². The molecule has 1 aliphatic carbocycles. The lowest BCUT2D eigenvalue weighted by Crippen LogP contribution is -1.97. The van der Waals surface area contributed by atoms with Crippen molar-refractivity contribution in [1.29, 1.82) is 0 Å². The van der Waals surface area contributed by atoms with E-state index in [4.69, 9.17) is 0 Å². The Morgan fingerprint density at radius 2 is 2.21 bits per heavy atom. The highest BCUT2D eigenvalue weighted by molar-refractivity contribution is 6.30. The number of benzene rings is 1. The standard InChI is InChI=1S/C13H11N/c1-9-5-4-7-11-10-6-2-3-8-12(10)14-13(9)11/h2-7H,8H2,1H3. The molecule has 1 aromatic rings. The molecule has 0 bridgehead atoms. The second kappa shape index (κ2) is 2.68. The fourth-order valence-electron chi connectivity index (χ4n) is 2.06. The van der Waals surface area contributed by atoms with Gasteiger partial charge in [-0.15, -0.1) is 0 Å². The molecule has 2 aliphatic rings. The summed E-state index contributed by atoms with van der Waals surface area (Å²) in [6.45, 7) is 2.12. The highest BCUT2D eigenvalue weighted by Crippen LogP contribution is 2.39. The van der Waals surface area contributed by atoms with Gasteiger partial charge in [-0.1, -0.05) is 36.4 Å². The first-order valence-electron chi connectivity index (χ1n) is 4.91. The third-order valence-electron chi connectivity index (χ3n) is 2.80. The first-order valence-corrected chi connectivity index (χ1v) is 4.91. The van der Waals surface area contributed by atoms with E-state index in [-0.39, 0.29) is 0 Å². The fraction of sp³-hybridized carbons (Fsp3) is 0.154. The van der Waals surface area contributed by atoms with E-state index in [2.05, 4.69) is 48.3 Å². The molecule has 68 valence electrons. The zero-order valence-electron chi connectivity index (χ0n) is 8.12. The maximum atomic E-state index is 4.67. The molecular formula is C13H11N. The van der Waals surface area contributed by atoms with E-state index in [9.17, 15) is 0 Å². The summed E-state index contributed by atoms with van der Waals surface area (Å²) in [6.07, 6.45) is 7.41. The Kier molecular flexibility index (Phi) is 1.48. The summed E-state index contributed by atoms with van der Waals surface area (Å²) in [6, 6.07) is 6.38. The third kappa shape index (κ3) is 0.925. The van der Waals surface area contributed by atoms with Gasteiger partial charge in [-0.3, -0.25) is 4.99 Å². The van der Waals surface area contributed by atoms with Crippen LogP contribution in [0.3, 0.4) is 0 Å². The van der Waals surface area contributed by atoms with Crippen LogP contribution in [-0.4, -0.2) is 5.71 Å². The molecule has 0 amide bonds. The Balaban J connectivity index is 2.29. The predicted molar refractivity (Wildman–Crippen MR) is 60.0 cm³/mol. The SMILES string of the molecule is Cc1cccc2c1N=C1CC=CC=C12. The van der Waals surface area contributed by atoms with Gasteiger partial charge in [0.1, 0.15) is 0 Å². The predicted octanol–water partition coefficient (Wildman–Crippen LogP) is 3.42. The summed E-state index contributed by atoms with van der Waals surface area (Å²) in [4.78, 5) is 4.67. The summed E-state index contributed by atoms with van der Waals surface area (Å²) in [5.74, 6) is 0. The number of para-hydroxylation sites is 1. The molecule has 1 aliphatic heterocycles. The van der Waals surface area contributed by atoms with E-state index < -0.39 is 0 Å². The lowest BCUT2D eigenvalue weighted by molar-refractivity contribution is 1.39. The lowest BCUT2D eigenvalue weighted by Gasteiger charge is -2.05. The van der Waals surface area contributed by atoms with Crippen molar-refractivity contribution in [3.8, 4) is 0 Å². The minimum atomic E-state index is 0.972. The summed E-state index contributed by atoms with van der Waals surface area (Å²) >= 11 is 0. The summed E-state index contributed by atoms with van der Waals surface area (Å²) in [5.41, 5.74) is 6.26. The maximum Gasteiger partial charge on any atom is 0.0741 e. The molecule has 1 aromatic carbocycles. The molecule has 0 atom stereocenters. The number of fused-ring (bicyclic) bond motifs is 3. The van der Waals surface area contributed by atoms with Crippen LogP contribution in [-0.2, 0) is 0 Å². The second-order valence-electron chi connectivity index (χ2n) is 3.74. The zero-order chi connectivity index (χ0) is 9.54. The number of aliphatic imine (C=N–C) groups is 1. The number of allylic oxidation sites excluding steroid dienone is 4. The van der Waals surface area contributed by atoms with Gasteiger partial charge in [0, 0.05) is 17.6 Å². The average molecular weight is 181 g/mol. The summed E-state index contributed by atoms with van der Waals surface area (Å²) in [5, 5.41) is 0. The van der Waals surface area contributed by atoms with E-state index in [1.807, 2.05) is 0 Å². The van der Waals surface area contributed by atoms with Crippen LogP contribution in [0.4, 0.5) is 5.69 Å². The number of hydrogen-bond acceptors (Lipinski definition) is 1. The van der Waals surface area contributed by atoms with Crippen LogP contribution in [0, 0.1) is 6.92 Å². The molecule has 0 N–H and O–H groups in total. The highest BCUT2D eigenvalue weighted by Gasteiger charge is 2.21. The fourth-order valence-corrected chi connectivity index (χ4v) is 2.06. The van der Waals surface area contributed by atoms with Crippen LogP contribution in [0.1, 0.15) is 17.5 Å². The van der Waals surface area contributed by atoms with Gasteiger partial charge in [0.25, 0.3) is 0 Å². The zero-order valence-corrected chi connectivity index (χ0v) is 8.12. The smallest absolute Gasteiger partial charge is 0.0741 e. The molecule has 1 heteroatoms. The van der Waals surface area contributed by atoms with E-state index in [1.165, 1.54) is 22.4 Å². The minimum Gasteiger partial charge on any atom is -0.252 e. The van der Waals surface area contributed by atoms with Crippen LogP contribution in [0.5, 0.6) is 0 Å². The average Bonchev–Trinajstić information content (AvgIpc) is 2.59. The van der Waals surface area contributed by atoms with Crippen molar-refractivity contribution < 1.29 is 0 Å². The molecule has 0 radical (unpaired) electrons. The Morgan fingerprint density at radius 3 is 3.14 bits per heavy atom. The largest absolute Gasteiger partial charge is 0.252 e. The van der Waals surface area contributed by atoms with Gasteiger partial charge in [0.15, 0.2) is 0 Å². The van der Waals surface area contributed by atoms with Crippen LogP contribution < -0.4 is 0 Å². The van der Waals surface area contributed by atoms with E-state index in [1.54, 1.807) is 0 Å². The van der Waals surface area contributed by atoms with Gasteiger partial charge < -0.3 is 0 Å². The third-order valence-corrected chi connectivity index (χ3v) is 2.80. The first kappa shape index (κ1) is 7.74. The van der Waals surface area contributed by atoms with Crippen LogP contribution in [0.25, 0.3) is 5.57 Å². The Labute approximate surface area is 83.5 Å². The molecule has 0 fully saturated rings.